The SMILES string of the molecule is CCCn1ncc(OC)c1C(=O)C1CCC(CC)CC1. The van der Waals surface area contributed by atoms with Crippen LogP contribution in [0, 0.1) is 11.8 Å². The summed E-state index contributed by atoms with van der Waals surface area (Å²) in [5, 5.41) is 4.29. The fraction of sp³-hybridized carbons (Fsp3) is 0.750. The summed E-state index contributed by atoms with van der Waals surface area (Å²) in [6, 6.07) is 0. The van der Waals surface area contributed by atoms with Crippen LogP contribution in [0.3, 0.4) is 0 Å². The minimum absolute atomic E-state index is 0.152. The van der Waals surface area contributed by atoms with Gasteiger partial charge in [-0.2, -0.15) is 5.10 Å². The highest BCUT2D eigenvalue weighted by Crippen LogP contribution is 2.34. The van der Waals surface area contributed by atoms with Gasteiger partial charge in [0.05, 0.1) is 13.3 Å². The van der Waals surface area contributed by atoms with Crippen molar-refractivity contribution in [2.24, 2.45) is 11.8 Å². The molecule has 0 aromatic carbocycles. The van der Waals surface area contributed by atoms with Gasteiger partial charge in [0, 0.05) is 12.5 Å². The van der Waals surface area contributed by atoms with E-state index in [1.807, 2.05) is 4.68 Å². The second-order valence-electron chi connectivity index (χ2n) is 5.77. The average molecular weight is 278 g/mol. The molecule has 1 aromatic heterocycles. The lowest BCUT2D eigenvalue weighted by Crippen LogP contribution is -2.24. The number of aromatic nitrogens is 2. The van der Waals surface area contributed by atoms with E-state index in [-0.39, 0.29) is 11.7 Å². The molecule has 0 bridgehead atoms. The second kappa shape index (κ2) is 6.91. The van der Waals surface area contributed by atoms with Crippen molar-refractivity contribution in [3.8, 4) is 5.75 Å². The Morgan fingerprint density at radius 3 is 2.60 bits per heavy atom. The van der Waals surface area contributed by atoms with E-state index in [2.05, 4.69) is 18.9 Å². The van der Waals surface area contributed by atoms with Crippen LogP contribution in [0.25, 0.3) is 0 Å². The number of ether oxygens (including phenoxy) is 1. The molecule has 20 heavy (non-hydrogen) atoms. The van der Waals surface area contributed by atoms with Crippen LogP contribution in [0.5, 0.6) is 5.75 Å². The van der Waals surface area contributed by atoms with Crippen LogP contribution in [0.1, 0.15) is 62.9 Å². The van der Waals surface area contributed by atoms with Crippen molar-refractivity contribution in [1.29, 1.82) is 0 Å². The van der Waals surface area contributed by atoms with Crippen molar-refractivity contribution < 1.29 is 9.53 Å². The molecule has 0 unspecified atom stereocenters. The van der Waals surface area contributed by atoms with Gasteiger partial charge < -0.3 is 4.74 Å². The third-order valence-electron chi connectivity index (χ3n) is 4.49. The zero-order chi connectivity index (χ0) is 14.5. The van der Waals surface area contributed by atoms with Crippen molar-refractivity contribution in [3.63, 3.8) is 0 Å². The Labute approximate surface area is 121 Å². The van der Waals surface area contributed by atoms with Crippen LogP contribution in [0.4, 0.5) is 0 Å². The molecule has 0 aliphatic heterocycles. The quantitative estimate of drug-likeness (QED) is 0.745. The molecule has 0 spiro atoms. The summed E-state index contributed by atoms with van der Waals surface area (Å²) < 4.78 is 7.13. The number of aryl methyl sites for hydroxylation is 1. The number of ketones is 1. The fourth-order valence-electron chi connectivity index (χ4n) is 3.17. The highest BCUT2D eigenvalue weighted by molar-refractivity contribution is 5.98. The van der Waals surface area contributed by atoms with E-state index in [9.17, 15) is 4.79 Å². The minimum Gasteiger partial charge on any atom is -0.493 e. The normalized spacial score (nSPS) is 22.8. The summed E-state index contributed by atoms with van der Waals surface area (Å²) in [7, 11) is 1.61. The van der Waals surface area contributed by atoms with Gasteiger partial charge in [-0.15, -0.1) is 0 Å². The third kappa shape index (κ3) is 3.05. The summed E-state index contributed by atoms with van der Waals surface area (Å²) >= 11 is 0. The molecule has 0 saturated heterocycles. The predicted molar refractivity (Wildman–Crippen MR) is 79.1 cm³/mol. The Balaban J connectivity index is 2.14. The molecule has 0 N–H and O–H groups in total. The zero-order valence-corrected chi connectivity index (χ0v) is 12.9. The molecule has 2 rings (SSSR count). The van der Waals surface area contributed by atoms with Crippen LogP contribution in [-0.4, -0.2) is 22.7 Å². The molecule has 0 atom stereocenters. The van der Waals surface area contributed by atoms with E-state index in [1.165, 1.54) is 19.3 Å². The number of methoxy groups -OCH3 is 1. The van der Waals surface area contributed by atoms with Crippen LogP contribution in [-0.2, 0) is 6.54 Å². The molecule has 1 fully saturated rings. The Hall–Kier alpha value is -1.32. The number of rotatable bonds is 6. The number of carbonyl (C=O) groups excluding carboxylic acids is 1. The molecule has 1 saturated carbocycles. The first-order chi connectivity index (χ1) is 9.71. The average Bonchev–Trinajstić information content (AvgIpc) is 2.90. The van der Waals surface area contributed by atoms with E-state index in [0.717, 1.165) is 31.7 Å². The standard InChI is InChI=1S/C16H26N2O2/c1-4-10-18-15(14(20-3)11-17-18)16(19)13-8-6-12(5-2)7-9-13/h11-13H,4-10H2,1-3H3. The molecular weight excluding hydrogens is 252 g/mol. The van der Waals surface area contributed by atoms with Crippen LogP contribution >= 0.6 is 0 Å². The minimum atomic E-state index is 0.152. The van der Waals surface area contributed by atoms with Gasteiger partial charge in [0.1, 0.15) is 5.69 Å². The third-order valence-corrected chi connectivity index (χ3v) is 4.49. The van der Waals surface area contributed by atoms with Crippen LogP contribution in [0.15, 0.2) is 6.20 Å². The monoisotopic (exact) mass is 278 g/mol. The van der Waals surface area contributed by atoms with E-state index in [4.69, 9.17) is 4.74 Å². The predicted octanol–water partition coefficient (Wildman–Crippen LogP) is 3.70. The summed E-state index contributed by atoms with van der Waals surface area (Å²) in [5.74, 6) is 1.81. The zero-order valence-electron chi connectivity index (χ0n) is 12.9. The summed E-state index contributed by atoms with van der Waals surface area (Å²) in [6.07, 6.45) is 8.25. The van der Waals surface area contributed by atoms with Gasteiger partial charge in [-0.05, 0) is 38.0 Å². The molecule has 0 amide bonds. The van der Waals surface area contributed by atoms with Gasteiger partial charge in [-0.25, -0.2) is 0 Å². The van der Waals surface area contributed by atoms with Gasteiger partial charge in [-0.1, -0.05) is 20.3 Å². The lowest BCUT2D eigenvalue weighted by atomic mass is 9.78. The Kier molecular flexibility index (Phi) is 5.21. The van der Waals surface area contributed by atoms with E-state index >= 15 is 0 Å². The molecule has 1 aliphatic carbocycles. The lowest BCUT2D eigenvalue weighted by Gasteiger charge is -2.27. The second-order valence-corrected chi connectivity index (χ2v) is 5.77. The lowest BCUT2D eigenvalue weighted by molar-refractivity contribution is 0.0856. The first kappa shape index (κ1) is 15.1. The number of carbonyl (C=O) groups is 1. The maximum Gasteiger partial charge on any atom is 0.187 e. The van der Waals surface area contributed by atoms with Crippen LogP contribution in [0.2, 0.25) is 0 Å². The van der Waals surface area contributed by atoms with Gasteiger partial charge in [0.25, 0.3) is 0 Å². The van der Waals surface area contributed by atoms with Crippen LogP contribution < -0.4 is 4.74 Å². The Morgan fingerprint density at radius 2 is 2.05 bits per heavy atom. The Morgan fingerprint density at radius 1 is 1.35 bits per heavy atom. The molecule has 1 heterocycles. The smallest absolute Gasteiger partial charge is 0.187 e. The van der Waals surface area contributed by atoms with Crippen molar-refractivity contribution in [1.82, 2.24) is 9.78 Å². The maximum atomic E-state index is 12.8. The van der Waals surface area contributed by atoms with Crippen molar-refractivity contribution >= 4 is 5.78 Å². The summed E-state index contributed by atoms with van der Waals surface area (Å²) in [4.78, 5) is 12.8. The molecule has 4 nitrogen and oxygen atoms in total. The molecular formula is C16H26N2O2. The topological polar surface area (TPSA) is 44.1 Å². The molecule has 0 radical (unpaired) electrons. The van der Waals surface area contributed by atoms with E-state index < -0.39 is 0 Å². The summed E-state index contributed by atoms with van der Waals surface area (Å²) in [6.45, 7) is 5.11. The fourth-order valence-corrected chi connectivity index (χ4v) is 3.17. The molecule has 112 valence electrons. The first-order valence-corrected chi connectivity index (χ1v) is 7.85. The maximum absolute atomic E-state index is 12.8. The van der Waals surface area contributed by atoms with E-state index in [1.54, 1.807) is 13.3 Å². The highest BCUT2D eigenvalue weighted by Gasteiger charge is 2.30. The Bertz CT molecular complexity index is 445. The van der Waals surface area contributed by atoms with E-state index in [0.29, 0.717) is 11.4 Å². The number of hydrogen-bond acceptors (Lipinski definition) is 3. The summed E-state index contributed by atoms with van der Waals surface area (Å²) in [5.41, 5.74) is 0.675. The highest BCUT2D eigenvalue weighted by atomic mass is 16.5. The number of nitrogens with zero attached hydrogens (tertiary/aromatic N) is 2. The first-order valence-electron chi connectivity index (χ1n) is 7.85. The van der Waals surface area contributed by atoms with Gasteiger partial charge >= 0.3 is 0 Å². The molecule has 4 heteroatoms. The van der Waals surface area contributed by atoms with Gasteiger partial charge in [-0.3, -0.25) is 9.48 Å². The van der Waals surface area contributed by atoms with Crippen molar-refractivity contribution in [2.75, 3.05) is 7.11 Å². The van der Waals surface area contributed by atoms with Gasteiger partial charge in [0.15, 0.2) is 11.5 Å². The molecule has 1 aromatic rings. The molecule has 1 aliphatic rings. The largest absolute Gasteiger partial charge is 0.493 e. The number of hydrogen-bond donors (Lipinski definition) is 0. The van der Waals surface area contributed by atoms with Crippen molar-refractivity contribution in [2.45, 2.75) is 58.9 Å². The van der Waals surface area contributed by atoms with Gasteiger partial charge in [0.2, 0.25) is 0 Å². The number of Topliss-reactive ketones (excluding diaryl/α,β-unsaturated/α-hetero) is 1. The van der Waals surface area contributed by atoms with Crippen molar-refractivity contribution in [3.05, 3.63) is 11.9 Å².